The van der Waals surface area contributed by atoms with Gasteiger partial charge in [-0.05, 0) is 19.1 Å². The van der Waals surface area contributed by atoms with Gasteiger partial charge in [0.15, 0.2) is 11.6 Å². The minimum Gasteiger partial charge on any atom is -0.494 e. The van der Waals surface area contributed by atoms with Crippen LogP contribution in [0.1, 0.15) is 5.82 Å². The van der Waals surface area contributed by atoms with Crippen LogP contribution < -0.4 is 4.74 Å². The number of aromatic nitrogens is 2. The van der Waals surface area contributed by atoms with Crippen LogP contribution in [-0.4, -0.2) is 17.1 Å². The molecule has 2 rings (SSSR count). The Hall–Kier alpha value is -1.36. The number of aryl methyl sites for hydroxylation is 1. The van der Waals surface area contributed by atoms with E-state index in [1.54, 1.807) is 13.0 Å². The summed E-state index contributed by atoms with van der Waals surface area (Å²) in [5.41, 5.74) is 0.533. The maximum absolute atomic E-state index is 13.8. The van der Waals surface area contributed by atoms with Gasteiger partial charge in [0.25, 0.3) is 0 Å². The molecule has 0 N–H and O–H groups in total. The molecule has 1 heterocycles. The third kappa shape index (κ3) is 1.63. The number of thiol groups is 1. The average Bonchev–Trinajstić information content (AvgIpc) is 2.17. The van der Waals surface area contributed by atoms with E-state index >= 15 is 0 Å². The summed E-state index contributed by atoms with van der Waals surface area (Å²) in [6.45, 7) is 1.74. The summed E-state index contributed by atoms with van der Waals surface area (Å²) in [6.07, 6.45) is 0. The zero-order valence-corrected chi connectivity index (χ0v) is 9.18. The van der Waals surface area contributed by atoms with E-state index in [0.29, 0.717) is 21.8 Å². The number of methoxy groups -OCH3 is 1. The largest absolute Gasteiger partial charge is 0.494 e. The van der Waals surface area contributed by atoms with Crippen molar-refractivity contribution in [2.24, 2.45) is 0 Å². The van der Waals surface area contributed by atoms with Gasteiger partial charge in [-0.2, -0.15) is 0 Å². The van der Waals surface area contributed by atoms with Crippen LogP contribution in [0.15, 0.2) is 17.2 Å². The maximum atomic E-state index is 13.8. The molecule has 0 aliphatic rings. The molecule has 5 heteroatoms. The molecule has 2 aromatic rings. The van der Waals surface area contributed by atoms with Gasteiger partial charge in [0.1, 0.15) is 10.9 Å². The van der Waals surface area contributed by atoms with Gasteiger partial charge >= 0.3 is 0 Å². The number of fused-ring (bicyclic) bond motifs is 1. The van der Waals surface area contributed by atoms with E-state index in [9.17, 15) is 4.39 Å². The summed E-state index contributed by atoms with van der Waals surface area (Å²) < 4.78 is 18.7. The molecule has 0 amide bonds. The molecule has 1 aromatic heterocycles. The van der Waals surface area contributed by atoms with Crippen molar-refractivity contribution in [3.63, 3.8) is 0 Å². The maximum Gasteiger partial charge on any atom is 0.177 e. The first-order valence-corrected chi connectivity index (χ1v) is 4.78. The van der Waals surface area contributed by atoms with Gasteiger partial charge in [-0.25, -0.2) is 14.4 Å². The fourth-order valence-corrected chi connectivity index (χ4v) is 1.78. The molecule has 0 saturated carbocycles. The van der Waals surface area contributed by atoms with E-state index < -0.39 is 5.82 Å². The highest BCUT2D eigenvalue weighted by Crippen LogP contribution is 2.28. The molecule has 0 radical (unpaired) electrons. The van der Waals surface area contributed by atoms with Gasteiger partial charge in [-0.1, -0.05) is 0 Å². The minimum absolute atomic E-state index is 0.172. The quantitative estimate of drug-likeness (QED) is 0.596. The highest BCUT2D eigenvalue weighted by atomic mass is 32.1. The molecular formula is C10H9FN2OS. The van der Waals surface area contributed by atoms with Crippen molar-refractivity contribution in [2.45, 2.75) is 11.9 Å². The van der Waals surface area contributed by atoms with Crippen molar-refractivity contribution in [1.82, 2.24) is 9.97 Å². The molecule has 0 aliphatic heterocycles. The molecular weight excluding hydrogens is 215 g/mol. The SMILES string of the molecule is COc1ccc2nc(C)nc(S)c2c1F. The van der Waals surface area contributed by atoms with E-state index in [1.165, 1.54) is 13.2 Å². The number of ether oxygens (including phenoxy) is 1. The number of benzene rings is 1. The molecule has 0 unspecified atom stereocenters. The molecule has 78 valence electrons. The molecule has 0 bridgehead atoms. The van der Waals surface area contributed by atoms with Crippen LogP contribution in [0.4, 0.5) is 4.39 Å². The molecule has 1 aromatic carbocycles. The van der Waals surface area contributed by atoms with Crippen LogP contribution in [0.25, 0.3) is 10.9 Å². The summed E-state index contributed by atoms with van der Waals surface area (Å²) in [4.78, 5) is 8.11. The Morgan fingerprint density at radius 2 is 2.07 bits per heavy atom. The second kappa shape index (κ2) is 3.66. The van der Waals surface area contributed by atoms with Crippen LogP contribution >= 0.6 is 12.6 Å². The lowest BCUT2D eigenvalue weighted by Gasteiger charge is -2.06. The Labute approximate surface area is 91.7 Å². The van der Waals surface area contributed by atoms with Crippen LogP contribution in [0.5, 0.6) is 5.75 Å². The molecule has 0 aliphatic carbocycles. The normalized spacial score (nSPS) is 10.7. The van der Waals surface area contributed by atoms with E-state index in [2.05, 4.69) is 22.6 Å². The van der Waals surface area contributed by atoms with Gasteiger partial charge in [-0.3, -0.25) is 0 Å². The predicted molar refractivity (Wildman–Crippen MR) is 58.0 cm³/mol. The van der Waals surface area contributed by atoms with E-state index in [0.717, 1.165) is 0 Å². The number of nitrogens with zero attached hydrogens (tertiary/aromatic N) is 2. The summed E-state index contributed by atoms with van der Waals surface area (Å²) in [7, 11) is 1.41. The molecule has 0 spiro atoms. The van der Waals surface area contributed by atoms with Crippen molar-refractivity contribution >= 4 is 23.5 Å². The third-order valence-corrected chi connectivity index (χ3v) is 2.40. The minimum atomic E-state index is -0.472. The van der Waals surface area contributed by atoms with E-state index in [4.69, 9.17) is 4.74 Å². The smallest absolute Gasteiger partial charge is 0.177 e. The molecule has 15 heavy (non-hydrogen) atoms. The van der Waals surface area contributed by atoms with Crippen LogP contribution in [-0.2, 0) is 0 Å². The number of hydrogen-bond donors (Lipinski definition) is 1. The Kier molecular flexibility index (Phi) is 2.48. The van der Waals surface area contributed by atoms with Crippen LogP contribution in [0, 0.1) is 12.7 Å². The van der Waals surface area contributed by atoms with Crippen molar-refractivity contribution in [3.8, 4) is 5.75 Å². The first-order chi connectivity index (χ1) is 7.13. The molecule has 0 atom stereocenters. The average molecular weight is 224 g/mol. The monoisotopic (exact) mass is 224 g/mol. The van der Waals surface area contributed by atoms with Crippen molar-refractivity contribution in [3.05, 3.63) is 23.8 Å². The van der Waals surface area contributed by atoms with Crippen molar-refractivity contribution < 1.29 is 9.13 Å². The lowest BCUT2D eigenvalue weighted by Crippen LogP contribution is -1.95. The fourth-order valence-electron chi connectivity index (χ4n) is 1.42. The molecule has 0 fully saturated rings. The first kappa shape index (κ1) is 10.2. The highest BCUT2D eigenvalue weighted by molar-refractivity contribution is 7.80. The zero-order valence-electron chi connectivity index (χ0n) is 8.28. The summed E-state index contributed by atoms with van der Waals surface area (Å²) in [5, 5.41) is 0.622. The molecule has 3 nitrogen and oxygen atoms in total. The highest BCUT2D eigenvalue weighted by Gasteiger charge is 2.12. The Morgan fingerprint density at radius 1 is 1.33 bits per heavy atom. The number of hydrogen-bond acceptors (Lipinski definition) is 4. The standard InChI is InChI=1S/C10H9FN2OS/c1-5-12-6-3-4-7(14-2)9(11)8(6)10(15)13-5/h3-4H,1-2H3,(H,12,13,15). The van der Waals surface area contributed by atoms with E-state index in [1.807, 2.05) is 0 Å². The summed E-state index contributed by atoms with van der Waals surface area (Å²) in [6, 6.07) is 3.23. The molecule has 0 saturated heterocycles. The fraction of sp³-hybridized carbons (Fsp3) is 0.200. The predicted octanol–water partition coefficient (Wildman–Crippen LogP) is 2.37. The number of rotatable bonds is 1. The van der Waals surface area contributed by atoms with Gasteiger partial charge in [0.2, 0.25) is 0 Å². The van der Waals surface area contributed by atoms with Crippen LogP contribution in [0.3, 0.4) is 0 Å². The van der Waals surface area contributed by atoms with Gasteiger partial charge in [0, 0.05) is 0 Å². The number of halogens is 1. The van der Waals surface area contributed by atoms with E-state index in [-0.39, 0.29) is 5.75 Å². The van der Waals surface area contributed by atoms with Crippen LogP contribution in [0.2, 0.25) is 0 Å². The van der Waals surface area contributed by atoms with Crippen molar-refractivity contribution in [1.29, 1.82) is 0 Å². The third-order valence-electron chi connectivity index (χ3n) is 2.08. The topological polar surface area (TPSA) is 35.0 Å². The lowest BCUT2D eigenvalue weighted by molar-refractivity contribution is 0.388. The zero-order chi connectivity index (χ0) is 11.0. The Bertz CT molecular complexity index is 530. The summed E-state index contributed by atoms with van der Waals surface area (Å²) in [5.74, 6) is 0.266. The Morgan fingerprint density at radius 3 is 2.73 bits per heavy atom. The van der Waals surface area contributed by atoms with Gasteiger partial charge in [0.05, 0.1) is 18.0 Å². The van der Waals surface area contributed by atoms with Crippen molar-refractivity contribution in [2.75, 3.05) is 7.11 Å². The van der Waals surface area contributed by atoms with Gasteiger partial charge in [-0.15, -0.1) is 12.6 Å². The summed E-state index contributed by atoms with van der Waals surface area (Å²) >= 11 is 4.13. The lowest BCUT2D eigenvalue weighted by atomic mass is 10.2. The second-order valence-electron chi connectivity index (χ2n) is 3.07. The van der Waals surface area contributed by atoms with Gasteiger partial charge < -0.3 is 4.74 Å². The first-order valence-electron chi connectivity index (χ1n) is 4.33. The second-order valence-corrected chi connectivity index (χ2v) is 3.49. The Balaban J connectivity index is 2.87.